The van der Waals surface area contributed by atoms with Crippen LogP contribution in [-0.2, 0) is 28.5 Å². The van der Waals surface area contributed by atoms with Crippen LogP contribution in [0.1, 0.15) is 117 Å². The maximum absolute atomic E-state index is 14.4. The minimum absolute atomic E-state index is 0.0325. The first kappa shape index (κ1) is 34.9. The molecule has 11 nitrogen and oxygen atoms in total. The van der Waals surface area contributed by atoms with Crippen molar-refractivity contribution in [3.05, 3.63) is 0 Å². The van der Waals surface area contributed by atoms with E-state index in [4.69, 9.17) is 30.4 Å². The van der Waals surface area contributed by atoms with Crippen molar-refractivity contribution in [1.82, 2.24) is 10.6 Å². The van der Waals surface area contributed by atoms with Crippen LogP contribution in [0.5, 0.6) is 0 Å². The summed E-state index contributed by atoms with van der Waals surface area (Å²) in [6.45, 7) is 6.90. The molecule has 11 heteroatoms. The maximum Gasteiger partial charge on any atom is 0.341 e. The van der Waals surface area contributed by atoms with Crippen molar-refractivity contribution in [2.75, 3.05) is 6.54 Å². The largest absolute Gasteiger partial charge is 0.457 e. The lowest BCUT2D eigenvalue weighted by molar-refractivity contribution is -0.278. The number of carbonyl (C=O) groups is 2. The molecule has 8 aliphatic rings. The summed E-state index contributed by atoms with van der Waals surface area (Å²) in [5, 5.41) is 18.9. The van der Waals surface area contributed by atoms with Gasteiger partial charge in [-0.1, -0.05) is 19.3 Å². The number of rotatable bonds is 4. The molecule has 49 heavy (non-hydrogen) atoms. The number of epoxide rings is 1. The van der Waals surface area contributed by atoms with E-state index in [9.17, 15) is 14.7 Å². The molecule has 8 fully saturated rings. The molecule has 1 spiro atoms. The molecule has 8 rings (SSSR count). The van der Waals surface area contributed by atoms with Crippen LogP contribution < -0.4 is 22.1 Å². The summed E-state index contributed by atoms with van der Waals surface area (Å²) in [6, 6.07) is 0.363. The lowest BCUT2D eigenvalue weighted by Gasteiger charge is -2.57. The fraction of sp³-hybridized carbons (Fsp3) is 0.947. The average Bonchev–Trinajstić information content (AvgIpc) is 3.48. The number of esters is 1. The highest BCUT2D eigenvalue weighted by Gasteiger charge is 2.68. The first-order valence-electron chi connectivity index (χ1n) is 19.8. The number of aliphatic hydroxyl groups excluding tert-OH is 1. The molecule has 2 saturated carbocycles. The van der Waals surface area contributed by atoms with Gasteiger partial charge in [0.1, 0.15) is 17.5 Å². The molecule has 0 aromatic carbocycles. The van der Waals surface area contributed by atoms with E-state index in [1.807, 2.05) is 20.8 Å². The number of carbonyl (C=O) groups excluding carboxylic acids is 2. The van der Waals surface area contributed by atoms with Crippen molar-refractivity contribution < 1.29 is 33.6 Å². The molecule has 0 radical (unpaired) electrons. The van der Waals surface area contributed by atoms with Gasteiger partial charge in [-0.25, -0.2) is 4.79 Å². The summed E-state index contributed by atoms with van der Waals surface area (Å²) in [5.74, 6) is -0.136. The second kappa shape index (κ2) is 13.0. The standard InChI is InChI=1S/C38H62N4O7/c1-20-14-25(43)32-26(46-20)18-27-31(33(32)44)23-8-4-5-12-38(35(45)47-34(23)36(2,3)48-27)28(49-38)19-37(10-6-7-11-37)22-16-24(42-30(40)17-22)21-9-13-41-29(39)15-21/h20-24,26-34,41-42,44H,4-19,39-40H2,1-3H3. The van der Waals surface area contributed by atoms with E-state index in [0.717, 1.165) is 70.8 Å². The lowest BCUT2D eigenvalue weighted by atomic mass is 9.62. The van der Waals surface area contributed by atoms with E-state index < -0.39 is 29.3 Å². The van der Waals surface area contributed by atoms with Crippen LogP contribution in [0.25, 0.3) is 0 Å². The predicted molar refractivity (Wildman–Crippen MR) is 182 cm³/mol. The van der Waals surface area contributed by atoms with Gasteiger partial charge in [-0.05, 0) is 109 Å². The van der Waals surface area contributed by atoms with E-state index in [0.29, 0.717) is 37.1 Å². The van der Waals surface area contributed by atoms with Gasteiger partial charge in [0.15, 0.2) is 5.60 Å². The smallest absolute Gasteiger partial charge is 0.341 e. The Hall–Kier alpha value is -1.18. The first-order valence-corrected chi connectivity index (χ1v) is 19.8. The van der Waals surface area contributed by atoms with Crippen LogP contribution in [0.2, 0.25) is 0 Å². The minimum atomic E-state index is -0.923. The monoisotopic (exact) mass is 686 g/mol. The van der Waals surface area contributed by atoms with Gasteiger partial charge in [-0.15, -0.1) is 0 Å². The zero-order valence-corrected chi connectivity index (χ0v) is 29.9. The zero-order chi connectivity index (χ0) is 34.3. The zero-order valence-electron chi connectivity index (χ0n) is 29.9. The Morgan fingerprint density at radius 2 is 1.69 bits per heavy atom. The number of ketones is 1. The fourth-order valence-corrected chi connectivity index (χ4v) is 12.4. The van der Waals surface area contributed by atoms with Gasteiger partial charge in [0, 0.05) is 30.7 Å². The Bertz CT molecular complexity index is 1260. The number of aliphatic hydroxyl groups is 1. The number of ether oxygens (including phenoxy) is 4. The van der Waals surface area contributed by atoms with Crippen molar-refractivity contribution in [3.8, 4) is 0 Å². The highest BCUT2D eigenvalue weighted by molar-refractivity contribution is 5.84. The molecule has 6 aliphatic heterocycles. The summed E-state index contributed by atoms with van der Waals surface area (Å²) in [4.78, 5) is 27.6. The summed E-state index contributed by atoms with van der Waals surface area (Å²) in [6.07, 6.45) is 11.6. The molecule has 0 aromatic heterocycles. The molecule has 15 atom stereocenters. The van der Waals surface area contributed by atoms with Gasteiger partial charge < -0.3 is 40.8 Å². The van der Waals surface area contributed by atoms with Gasteiger partial charge in [0.25, 0.3) is 0 Å². The van der Waals surface area contributed by atoms with Crippen LogP contribution in [0, 0.1) is 35.0 Å². The number of Topliss-reactive ketones (excluding diaryl/α,β-unsaturated/α-hetero) is 1. The van der Waals surface area contributed by atoms with Crippen LogP contribution in [-0.4, -0.2) is 89.6 Å². The third kappa shape index (κ3) is 6.24. The highest BCUT2D eigenvalue weighted by atomic mass is 16.7. The minimum Gasteiger partial charge on any atom is -0.457 e. The van der Waals surface area contributed by atoms with Crippen molar-refractivity contribution in [3.63, 3.8) is 0 Å². The van der Waals surface area contributed by atoms with E-state index in [1.54, 1.807) is 0 Å². The molecule has 0 aromatic rings. The topological polar surface area (TPSA) is 171 Å². The summed E-state index contributed by atoms with van der Waals surface area (Å²) in [5.41, 5.74) is 11.5. The average molecular weight is 687 g/mol. The molecule has 2 aliphatic carbocycles. The number of hydrogen-bond donors (Lipinski definition) is 5. The maximum atomic E-state index is 14.4. The molecule has 7 N–H and O–H groups in total. The van der Waals surface area contributed by atoms with E-state index in [2.05, 4.69) is 10.6 Å². The molecule has 15 unspecified atom stereocenters. The Morgan fingerprint density at radius 1 is 0.918 bits per heavy atom. The molecule has 276 valence electrons. The number of fused-ring (bicyclic) bond motifs is 4. The predicted octanol–water partition coefficient (Wildman–Crippen LogP) is 3.03. The van der Waals surface area contributed by atoms with Crippen LogP contribution >= 0.6 is 0 Å². The summed E-state index contributed by atoms with van der Waals surface area (Å²) in [7, 11) is 0. The van der Waals surface area contributed by atoms with Gasteiger partial charge in [0.2, 0.25) is 0 Å². The summed E-state index contributed by atoms with van der Waals surface area (Å²) >= 11 is 0. The molecular formula is C38H62N4O7. The third-order valence-corrected chi connectivity index (χ3v) is 14.7. The Kier molecular flexibility index (Phi) is 9.28. The van der Waals surface area contributed by atoms with E-state index in [-0.39, 0.29) is 65.8 Å². The first-order chi connectivity index (χ1) is 23.4. The molecule has 6 heterocycles. The molecule has 0 amide bonds. The van der Waals surface area contributed by atoms with Gasteiger partial charge in [-0.3, -0.25) is 10.1 Å². The van der Waals surface area contributed by atoms with E-state index >= 15 is 0 Å². The number of piperidine rings is 2. The van der Waals surface area contributed by atoms with Crippen molar-refractivity contribution in [2.45, 2.75) is 183 Å². The van der Waals surface area contributed by atoms with Crippen molar-refractivity contribution in [1.29, 1.82) is 0 Å². The van der Waals surface area contributed by atoms with Crippen LogP contribution in [0.4, 0.5) is 0 Å². The SMILES string of the molecule is CC1CC(=O)C2C(CC3OC(C)(C)C4OC(=O)C5(CCCCC4C3C2O)OC5CC2(C3CC(N)NC(C4CCNC(N)C4)C3)CCCC2)O1. The summed E-state index contributed by atoms with van der Waals surface area (Å²) < 4.78 is 26.1. The Morgan fingerprint density at radius 3 is 2.47 bits per heavy atom. The second-order valence-electron chi connectivity index (χ2n) is 18.1. The highest BCUT2D eigenvalue weighted by Crippen LogP contribution is 2.59. The number of nitrogens with one attached hydrogen (secondary N) is 2. The quantitative estimate of drug-likeness (QED) is 0.218. The van der Waals surface area contributed by atoms with Crippen LogP contribution in [0.3, 0.4) is 0 Å². The Labute approximate surface area is 292 Å². The molecule has 0 bridgehead atoms. The normalized spacial score (nSPS) is 51.0. The van der Waals surface area contributed by atoms with Crippen LogP contribution in [0.15, 0.2) is 0 Å². The van der Waals surface area contributed by atoms with Crippen molar-refractivity contribution >= 4 is 11.8 Å². The van der Waals surface area contributed by atoms with E-state index in [1.165, 1.54) is 12.8 Å². The third-order valence-electron chi connectivity index (χ3n) is 14.7. The second-order valence-corrected chi connectivity index (χ2v) is 18.1. The lowest BCUT2D eigenvalue weighted by Crippen LogP contribution is -2.66. The van der Waals surface area contributed by atoms with Gasteiger partial charge in [-0.2, -0.15) is 0 Å². The number of nitrogens with two attached hydrogens (primary N) is 2. The van der Waals surface area contributed by atoms with Gasteiger partial charge >= 0.3 is 5.97 Å². The molecule has 6 saturated heterocycles. The van der Waals surface area contributed by atoms with Gasteiger partial charge in [0.05, 0.1) is 48.8 Å². The number of hydrogen-bond acceptors (Lipinski definition) is 11. The molecular weight excluding hydrogens is 624 g/mol. The fourth-order valence-electron chi connectivity index (χ4n) is 12.4. The van der Waals surface area contributed by atoms with Crippen molar-refractivity contribution in [2.24, 2.45) is 46.5 Å². The Balaban J connectivity index is 0.996.